The largest absolute Gasteiger partial charge is 0.256 e. The van der Waals surface area contributed by atoms with Crippen LogP contribution in [0, 0.1) is 0 Å². The summed E-state index contributed by atoms with van der Waals surface area (Å²) in [5.41, 5.74) is 6.32. The Bertz CT molecular complexity index is 1240. The predicted molar refractivity (Wildman–Crippen MR) is 120 cm³/mol. The molecule has 1 aliphatic carbocycles. The monoisotopic (exact) mass is 361 g/mol. The van der Waals surface area contributed by atoms with Gasteiger partial charge < -0.3 is 0 Å². The third kappa shape index (κ3) is 2.84. The van der Waals surface area contributed by atoms with Crippen molar-refractivity contribution in [1.82, 2.24) is 4.98 Å². The molecule has 0 fully saturated rings. The summed E-state index contributed by atoms with van der Waals surface area (Å²) in [6.07, 6.45) is 12.1. The second-order valence-corrected chi connectivity index (χ2v) is 7.41. The zero-order chi connectivity index (χ0) is 18.9. The molecule has 1 nitrogen and oxygen atoms in total. The molecule has 0 bridgehead atoms. The van der Waals surface area contributed by atoms with Crippen LogP contribution in [0.2, 0.25) is 0 Å². The minimum absolute atomic E-state index is 0.992. The molecule has 28 heavy (non-hydrogen) atoms. The number of nitrogens with zero attached hydrogens (tertiary/aromatic N) is 1. The predicted octanol–water partition coefficient (Wildman–Crippen LogP) is 7.35. The molecule has 0 saturated heterocycles. The minimum atomic E-state index is 0.992. The number of hydrogen-bond acceptors (Lipinski definition) is 1. The van der Waals surface area contributed by atoms with E-state index in [-0.39, 0.29) is 0 Å². The maximum atomic E-state index is 4.81. The van der Waals surface area contributed by atoms with Gasteiger partial charge in [-0.15, -0.1) is 0 Å². The number of aromatic nitrogens is 1. The normalized spacial score (nSPS) is 13.8. The number of hydrogen-bond donors (Lipinski definition) is 0. The third-order valence-corrected chi connectivity index (χ3v) is 5.74. The summed E-state index contributed by atoms with van der Waals surface area (Å²) in [6, 6.07) is 22.0. The minimum Gasteiger partial charge on any atom is -0.256 e. The summed E-state index contributed by atoms with van der Waals surface area (Å²) in [6.45, 7) is 2.23. The number of pyridine rings is 1. The molecule has 0 atom stereocenters. The number of allylic oxidation sites excluding steroid dienone is 4. The fourth-order valence-electron chi connectivity index (χ4n) is 4.28. The van der Waals surface area contributed by atoms with Gasteiger partial charge in [0.25, 0.3) is 0 Å². The third-order valence-electron chi connectivity index (χ3n) is 5.74. The van der Waals surface area contributed by atoms with Gasteiger partial charge >= 0.3 is 0 Å². The number of fused-ring (bicyclic) bond motifs is 3. The lowest BCUT2D eigenvalue weighted by Crippen LogP contribution is -1.95. The van der Waals surface area contributed by atoms with Gasteiger partial charge in [0.05, 0.1) is 5.69 Å². The second-order valence-electron chi connectivity index (χ2n) is 7.41. The highest BCUT2D eigenvalue weighted by molar-refractivity contribution is 6.11. The van der Waals surface area contributed by atoms with Crippen molar-refractivity contribution in [3.05, 3.63) is 96.2 Å². The van der Waals surface area contributed by atoms with E-state index in [1.165, 1.54) is 43.8 Å². The van der Waals surface area contributed by atoms with Gasteiger partial charge in [-0.3, -0.25) is 4.98 Å². The highest BCUT2D eigenvalue weighted by Crippen LogP contribution is 2.34. The molecular weight excluding hydrogens is 338 g/mol. The van der Waals surface area contributed by atoms with E-state index in [1.54, 1.807) is 0 Å². The first-order valence-electron chi connectivity index (χ1n) is 10.1. The number of rotatable bonds is 3. The van der Waals surface area contributed by atoms with Crippen molar-refractivity contribution in [2.24, 2.45) is 0 Å². The summed E-state index contributed by atoms with van der Waals surface area (Å²) in [4.78, 5) is 4.81. The van der Waals surface area contributed by atoms with E-state index in [1.807, 2.05) is 6.20 Å². The maximum absolute atomic E-state index is 4.81. The van der Waals surface area contributed by atoms with Gasteiger partial charge in [-0.25, -0.2) is 0 Å². The Hall–Kier alpha value is -3.19. The van der Waals surface area contributed by atoms with Crippen LogP contribution in [0.3, 0.4) is 0 Å². The van der Waals surface area contributed by atoms with Crippen molar-refractivity contribution in [2.45, 2.75) is 26.2 Å². The van der Waals surface area contributed by atoms with Gasteiger partial charge in [-0.05, 0) is 58.2 Å². The smallest absolute Gasteiger partial charge is 0.0783 e. The Morgan fingerprint density at radius 3 is 2.64 bits per heavy atom. The Labute approximate surface area is 166 Å². The van der Waals surface area contributed by atoms with E-state index >= 15 is 0 Å². The van der Waals surface area contributed by atoms with Crippen LogP contribution in [0.1, 0.15) is 30.9 Å². The number of benzene rings is 3. The molecule has 1 heteroatoms. The molecule has 0 radical (unpaired) electrons. The van der Waals surface area contributed by atoms with Crippen molar-refractivity contribution in [1.29, 1.82) is 0 Å². The molecule has 1 heterocycles. The lowest BCUT2D eigenvalue weighted by atomic mass is 9.91. The Kier molecular flexibility index (Phi) is 4.29. The van der Waals surface area contributed by atoms with Crippen LogP contribution in [0.5, 0.6) is 0 Å². The van der Waals surface area contributed by atoms with Gasteiger partial charge in [-0.2, -0.15) is 0 Å². The Morgan fingerprint density at radius 1 is 0.857 bits per heavy atom. The number of aryl methyl sites for hydroxylation is 1. The van der Waals surface area contributed by atoms with Gasteiger partial charge in [0, 0.05) is 17.1 Å². The molecule has 0 unspecified atom stereocenters. The molecule has 0 amide bonds. The maximum Gasteiger partial charge on any atom is 0.0783 e. The van der Waals surface area contributed by atoms with E-state index < -0.39 is 0 Å². The molecule has 1 aromatic heterocycles. The van der Waals surface area contributed by atoms with Gasteiger partial charge in [0.1, 0.15) is 0 Å². The summed E-state index contributed by atoms with van der Waals surface area (Å²) < 4.78 is 0. The van der Waals surface area contributed by atoms with Gasteiger partial charge in [0.2, 0.25) is 0 Å². The second kappa shape index (κ2) is 7.09. The van der Waals surface area contributed by atoms with Crippen molar-refractivity contribution in [3.63, 3.8) is 0 Å². The zero-order valence-corrected chi connectivity index (χ0v) is 16.2. The first-order valence-corrected chi connectivity index (χ1v) is 10.1. The van der Waals surface area contributed by atoms with Crippen molar-refractivity contribution in [3.8, 4) is 11.3 Å². The topological polar surface area (TPSA) is 12.9 Å². The molecular formula is C27H23N. The first-order chi connectivity index (χ1) is 13.8. The van der Waals surface area contributed by atoms with Crippen molar-refractivity contribution in [2.75, 3.05) is 0 Å². The molecule has 5 rings (SSSR count). The van der Waals surface area contributed by atoms with Crippen LogP contribution >= 0.6 is 0 Å². The van der Waals surface area contributed by atoms with Crippen LogP contribution in [0.25, 0.3) is 38.4 Å². The SMILES string of the molecule is CCc1cc(C2=CCCC=C2)ccc1-c1nccc2c1ccc1ccccc12. The van der Waals surface area contributed by atoms with Crippen LogP contribution in [-0.4, -0.2) is 4.98 Å². The van der Waals surface area contributed by atoms with Gasteiger partial charge in [0.15, 0.2) is 0 Å². The summed E-state index contributed by atoms with van der Waals surface area (Å²) in [5.74, 6) is 0. The molecule has 0 N–H and O–H groups in total. The molecule has 0 spiro atoms. The average molecular weight is 361 g/mol. The molecule has 1 aliphatic rings. The van der Waals surface area contributed by atoms with Crippen LogP contribution in [0.4, 0.5) is 0 Å². The Balaban J connectivity index is 1.70. The molecule has 4 aromatic rings. The van der Waals surface area contributed by atoms with E-state index in [0.29, 0.717) is 0 Å². The molecule has 0 aliphatic heterocycles. The highest BCUT2D eigenvalue weighted by Gasteiger charge is 2.12. The van der Waals surface area contributed by atoms with Crippen molar-refractivity contribution >= 4 is 27.1 Å². The zero-order valence-electron chi connectivity index (χ0n) is 16.2. The van der Waals surface area contributed by atoms with Crippen LogP contribution in [-0.2, 0) is 6.42 Å². The van der Waals surface area contributed by atoms with E-state index in [4.69, 9.17) is 4.98 Å². The summed E-state index contributed by atoms with van der Waals surface area (Å²) >= 11 is 0. The summed E-state index contributed by atoms with van der Waals surface area (Å²) in [5, 5.41) is 5.05. The van der Waals surface area contributed by atoms with E-state index in [9.17, 15) is 0 Å². The molecule has 0 saturated carbocycles. The summed E-state index contributed by atoms with van der Waals surface area (Å²) in [7, 11) is 0. The molecule has 136 valence electrons. The fraction of sp³-hybridized carbons (Fsp3) is 0.148. The van der Waals surface area contributed by atoms with Crippen LogP contribution in [0.15, 0.2) is 85.1 Å². The average Bonchev–Trinajstić information content (AvgIpc) is 2.78. The highest BCUT2D eigenvalue weighted by atomic mass is 14.7. The lowest BCUT2D eigenvalue weighted by Gasteiger charge is -2.14. The van der Waals surface area contributed by atoms with E-state index in [0.717, 1.165) is 25.0 Å². The van der Waals surface area contributed by atoms with Crippen LogP contribution < -0.4 is 0 Å². The molecule has 3 aromatic carbocycles. The quantitative estimate of drug-likeness (QED) is 0.348. The van der Waals surface area contributed by atoms with E-state index in [2.05, 4.69) is 85.8 Å². The first kappa shape index (κ1) is 16.9. The Morgan fingerprint density at radius 2 is 1.79 bits per heavy atom. The van der Waals surface area contributed by atoms with Crippen molar-refractivity contribution < 1.29 is 0 Å². The van der Waals surface area contributed by atoms with Gasteiger partial charge in [-0.1, -0.05) is 79.7 Å². The fourth-order valence-corrected chi connectivity index (χ4v) is 4.28. The standard InChI is InChI=1S/C27H23N/c1-2-19-18-22(20-8-4-3-5-9-20)13-14-24(19)27-26-15-12-21-10-6-7-11-23(21)25(26)16-17-28-27/h4,6-18H,2-3,5H2,1H3. The lowest BCUT2D eigenvalue weighted by molar-refractivity contribution is 1.04.